The molecule has 1 N–H and O–H groups in total. The summed E-state index contributed by atoms with van der Waals surface area (Å²) >= 11 is 0. The summed E-state index contributed by atoms with van der Waals surface area (Å²) in [5, 5.41) is 7.25. The topological polar surface area (TPSA) is 72.5 Å². The van der Waals surface area contributed by atoms with Gasteiger partial charge in [-0.05, 0) is 36.8 Å². The lowest BCUT2D eigenvalue weighted by molar-refractivity contribution is -0.131. The molecule has 0 saturated carbocycles. The molecule has 1 fully saturated rings. The van der Waals surface area contributed by atoms with Crippen molar-refractivity contribution in [3.8, 4) is 0 Å². The Morgan fingerprint density at radius 2 is 1.77 bits per heavy atom. The average Bonchev–Trinajstić information content (AvgIpc) is 3.29. The van der Waals surface area contributed by atoms with Crippen molar-refractivity contribution in [3.63, 3.8) is 0 Å². The second-order valence-corrected chi connectivity index (χ2v) is 9.07. The molecule has 2 aliphatic heterocycles. The monoisotopic (exact) mass is 479 g/mol. The molecule has 2 aromatic carbocycles. The molecule has 2 aliphatic rings. The van der Waals surface area contributed by atoms with E-state index < -0.39 is 11.6 Å². The minimum Gasteiger partial charge on any atom is -0.368 e. The Kier molecular flexibility index (Phi) is 6.23. The van der Waals surface area contributed by atoms with Gasteiger partial charge in [0.25, 0.3) is 5.91 Å². The van der Waals surface area contributed by atoms with E-state index in [1.54, 1.807) is 9.80 Å². The molecular formula is C26H27F2N5O2. The number of benzene rings is 2. The molecule has 0 unspecified atom stereocenters. The maximum atomic E-state index is 14.0. The molecule has 182 valence electrons. The van der Waals surface area contributed by atoms with Gasteiger partial charge in [-0.2, -0.15) is 5.10 Å². The molecule has 9 heteroatoms. The average molecular weight is 480 g/mol. The first kappa shape index (κ1) is 23.0. The van der Waals surface area contributed by atoms with E-state index in [1.807, 2.05) is 12.1 Å². The van der Waals surface area contributed by atoms with Crippen molar-refractivity contribution in [2.75, 3.05) is 37.6 Å². The number of aromatic amines is 1. The van der Waals surface area contributed by atoms with Gasteiger partial charge in [0, 0.05) is 68.2 Å². The molecule has 7 nitrogen and oxygen atoms in total. The molecule has 35 heavy (non-hydrogen) atoms. The zero-order valence-electron chi connectivity index (χ0n) is 19.6. The fourth-order valence-corrected chi connectivity index (χ4v) is 4.86. The summed E-state index contributed by atoms with van der Waals surface area (Å²) in [4.78, 5) is 31.8. The van der Waals surface area contributed by atoms with Gasteiger partial charge in [0.2, 0.25) is 5.91 Å². The van der Waals surface area contributed by atoms with Gasteiger partial charge >= 0.3 is 0 Å². The summed E-state index contributed by atoms with van der Waals surface area (Å²) in [6.07, 6.45) is 0.287. The number of halogens is 2. The zero-order valence-corrected chi connectivity index (χ0v) is 19.6. The van der Waals surface area contributed by atoms with Crippen molar-refractivity contribution in [2.45, 2.75) is 26.3 Å². The Bertz CT molecular complexity index is 1270. The molecule has 1 saturated heterocycles. The number of anilines is 1. The van der Waals surface area contributed by atoms with Crippen LogP contribution in [0.2, 0.25) is 0 Å². The summed E-state index contributed by atoms with van der Waals surface area (Å²) in [5.41, 5.74) is 4.29. The maximum Gasteiger partial charge on any atom is 0.274 e. The predicted molar refractivity (Wildman–Crippen MR) is 127 cm³/mol. The molecule has 0 aliphatic carbocycles. The van der Waals surface area contributed by atoms with Gasteiger partial charge in [-0.1, -0.05) is 18.2 Å². The molecule has 0 bridgehead atoms. The molecule has 0 spiro atoms. The van der Waals surface area contributed by atoms with E-state index in [0.29, 0.717) is 37.3 Å². The van der Waals surface area contributed by atoms with Crippen LogP contribution in [-0.4, -0.2) is 64.5 Å². The summed E-state index contributed by atoms with van der Waals surface area (Å²) in [7, 11) is 0. The van der Waals surface area contributed by atoms with Crippen molar-refractivity contribution in [1.29, 1.82) is 0 Å². The fourth-order valence-electron chi connectivity index (χ4n) is 4.86. The first-order chi connectivity index (χ1) is 16.9. The molecule has 0 radical (unpaired) electrons. The van der Waals surface area contributed by atoms with Gasteiger partial charge in [0.05, 0.1) is 6.42 Å². The number of amides is 2. The molecule has 0 atom stereocenters. The number of H-pyrrole nitrogens is 1. The van der Waals surface area contributed by atoms with Crippen LogP contribution in [0.1, 0.15) is 32.9 Å². The normalized spacial score (nSPS) is 15.8. The standard InChI is InChI=1S/C26H27F2N5O2/c1-17-4-2-3-5-23(17)31-10-12-32(13-11-31)26(35)25-20-16-33(9-8-22(20)29-30-25)24(34)15-18-14-19(27)6-7-21(18)28/h2-7,14H,8-13,15-16H2,1H3,(H,29,30). The van der Waals surface area contributed by atoms with Crippen molar-refractivity contribution < 1.29 is 18.4 Å². The number of aryl methyl sites for hydroxylation is 1. The third-order valence-corrected chi connectivity index (χ3v) is 6.86. The number of piperazine rings is 1. The quantitative estimate of drug-likeness (QED) is 0.624. The summed E-state index contributed by atoms with van der Waals surface area (Å²) in [6, 6.07) is 11.3. The number of fused-ring (bicyclic) bond motifs is 1. The highest BCUT2D eigenvalue weighted by Gasteiger charge is 2.31. The Morgan fingerprint density at radius 3 is 2.54 bits per heavy atom. The van der Waals surface area contributed by atoms with Gasteiger partial charge in [0.1, 0.15) is 11.6 Å². The second kappa shape index (κ2) is 9.48. The number of para-hydroxylation sites is 1. The number of carbonyl (C=O) groups is 2. The highest BCUT2D eigenvalue weighted by Crippen LogP contribution is 2.25. The molecular weight excluding hydrogens is 452 g/mol. The van der Waals surface area contributed by atoms with E-state index in [9.17, 15) is 18.4 Å². The molecule has 2 amide bonds. The third-order valence-electron chi connectivity index (χ3n) is 6.86. The molecule has 1 aromatic heterocycles. The lowest BCUT2D eigenvalue weighted by Gasteiger charge is -2.36. The van der Waals surface area contributed by atoms with Crippen LogP contribution >= 0.6 is 0 Å². The summed E-state index contributed by atoms with van der Waals surface area (Å²) in [5.74, 6) is -1.66. The van der Waals surface area contributed by atoms with Crippen LogP contribution < -0.4 is 4.90 Å². The van der Waals surface area contributed by atoms with E-state index in [0.717, 1.165) is 37.0 Å². The lowest BCUT2D eigenvalue weighted by Crippen LogP contribution is -2.49. The van der Waals surface area contributed by atoms with Crippen LogP contribution in [0.25, 0.3) is 0 Å². The largest absolute Gasteiger partial charge is 0.368 e. The van der Waals surface area contributed by atoms with Crippen molar-refractivity contribution >= 4 is 17.5 Å². The lowest BCUT2D eigenvalue weighted by atomic mass is 10.0. The Hall–Kier alpha value is -3.75. The number of nitrogens with zero attached hydrogens (tertiary/aromatic N) is 4. The van der Waals surface area contributed by atoms with Crippen LogP contribution in [0.3, 0.4) is 0 Å². The highest BCUT2D eigenvalue weighted by atomic mass is 19.1. The second-order valence-electron chi connectivity index (χ2n) is 9.07. The third kappa shape index (κ3) is 4.62. The van der Waals surface area contributed by atoms with Gasteiger partial charge in [0.15, 0.2) is 5.69 Å². The number of carbonyl (C=O) groups excluding carboxylic acids is 2. The van der Waals surface area contributed by atoms with E-state index in [4.69, 9.17) is 0 Å². The van der Waals surface area contributed by atoms with Crippen LogP contribution in [0, 0.1) is 18.6 Å². The Morgan fingerprint density at radius 1 is 1.00 bits per heavy atom. The predicted octanol–water partition coefficient (Wildman–Crippen LogP) is 3.09. The Balaban J connectivity index is 1.25. The Labute approximate surface area is 202 Å². The number of hydrogen-bond acceptors (Lipinski definition) is 4. The van der Waals surface area contributed by atoms with E-state index in [1.165, 1.54) is 11.3 Å². The van der Waals surface area contributed by atoms with Gasteiger partial charge in [-0.3, -0.25) is 14.7 Å². The van der Waals surface area contributed by atoms with E-state index >= 15 is 0 Å². The van der Waals surface area contributed by atoms with E-state index in [-0.39, 0.29) is 30.3 Å². The highest BCUT2D eigenvalue weighted by molar-refractivity contribution is 5.94. The number of rotatable bonds is 4. The number of hydrogen-bond donors (Lipinski definition) is 1. The van der Waals surface area contributed by atoms with Gasteiger partial charge < -0.3 is 14.7 Å². The number of nitrogens with one attached hydrogen (secondary N) is 1. The van der Waals surface area contributed by atoms with Gasteiger partial charge in [-0.25, -0.2) is 8.78 Å². The SMILES string of the molecule is Cc1ccccc1N1CCN(C(=O)c2n[nH]c3c2CN(C(=O)Cc2cc(F)ccc2F)CC3)CC1. The smallest absolute Gasteiger partial charge is 0.274 e. The first-order valence-corrected chi connectivity index (χ1v) is 11.8. The minimum atomic E-state index is -0.610. The molecule has 3 heterocycles. The maximum absolute atomic E-state index is 14.0. The molecule has 5 rings (SSSR count). The first-order valence-electron chi connectivity index (χ1n) is 11.8. The van der Waals surface area contributed by atoms with Crippen molar-refractivity contribution in [2.24, 2.45) is 0 Å². The zero-order chi connectivity index (χ0) is 24.5. The molecule has 3 aromatic rings. The minimum absolute atomic E-state index is 0.0239. The van der Waals surface area contributed by atoms with Crippen molar-refractivity contribution in [1.82, 2.24) is 20.0 Å². The van der Waals surface area contributed by atoms with Crippen LogP contribution in [-0.2, 0) is 24.2 Å². The van der Waals surface area contributed by atoms with Crippen LogP contribution in [0.15, 0.2) is 42.5 Å². The van der Waals surface area contributed by atoms with Crippen LogP contribution in [0.5, 0.6) is 0 Å². The summed E-state index contributed by atoms with van der Waals surface area (Å²) < 4.78 is 27.5. The summed E-state index contributed by atoms with van der Waals surface area (Å²) in [6.45, 7) is 5.34. The fraction of sp³-hybridized carbons (Fsp3) is 0.346. The van der Waals surface area contributed by atoms with Gasteiger partial charge in [-0.15, -0.1) is 0 Å². The number of aromatic nitrogens is 2. The van der Waals surface area contributed by atoms with Crippen LogP contribution in [0.4, 0.5) is 14.5 Å². The van der Waals surface area contributed by atoms with E-state index in [2.05, 4.69) is 34.2 Å². The van der Waals surface area contributed by atoms with Crippen molar-refractivity contribution in [3.05, 3.63) is 82.2 Å².